The Kier molecular flexibility index (Phi) is 5.65. The molecule has 2 aromatic carbocycles. The highest BCUT2D eigenvalue weighted by atomic mass is 16.6. The van der Waals surface area contributed by atoms with Crippen molar-refractivity contribution < 1.29 is 14.5 Å². The lowest BCUT2D eigenvalue weighted by Gasteiger charge is -2.21. The molecule has 2 amide bonds. The number of rotatable bonds is 5. The summed E-state index contributed by atoms with van der Waals surface area (Å²) in [5.74, 6) is -1.11. The molecule has 3 aromatic rings. The molecule has 2 N–H and O–H groups in total. The average Bonchev–Trinajstić information content (AvgIpc) is 3.51. The van der Waals surface area contributed by atoms with E-state index in [1.807, 2.05) is 35.5 Å². The third-order valence-electron chi connectivity index (χ3n) is 5.20. The van der Waals surface area contributed by atoms with Gasteiger partial charge in [0.1, 0.15) is 0 Å². The van der Waals surface area contributed by atoms with E-state index in [0.29, 0.717) is 16.9 Å². The molecule has 1 fully saturated rings. The van der Waals surface area contributed by atoms with Gasteiger partial charge < -0.3 is 9.47 Å². The van der Waals surface area contributed by atoms with E-state index in [4.69, 9.17) is 0 Å². The lowest BCUT2D eigenvalue weighted by atomic mass is 10.1. The summed E-state index contributed by atoms with van der Waals surface area (Å²) in [4.78, 5) is 38.3. The van der Waals surface area contributed by atoms with Crippen LogP contribution in [0.15, 0.2) is 67.0 Å². The highest BCUT2D eigenvalue weighted by Gasteiger charge is 2.23. The van der Waals surface area contributed by atoms with Crippen molar-refractivity contribution in [3.05, 3.63) is 88.2 Å². The largest absolute Gasteiger partial charge is 0.371 e. The first-order valence-corrected chi connectivity index (χ1v) is 9.91. The summed E-state index contributed by atoms with van der Waals surface area (Å²) in [6.07, 6.45) is 5.61. The van der Waals surface area contributed by atoms with Gasteiger partial charge in [-0.3, -0.25) is 30.6 Å². The Bertz CT molecular complexity index is 1120. The number of amides is 2. The van der Waals surface area contributed by atoms with Crippen molar-refractivity contribution in [3.8, 4) is 5.69 Å². The predicted molar refractivity (Wildman–Crippen MR) is 115 cm³/mol. The van der Waals surface area contributed by atoms with Gasteiger partial charge in [0.25, 0.3) is 17.5 Å². The van der Waals surface area contributed by atoms with Gasteiger partial charge in [-0.15, -0.1) is 0 Å². The van der Waals surface area contributed by atoms with E-state index < -0.39 is 16.7 Å². The number of para-hydroxylation sites is 1. The van der Waals surface area contributed by atoms with E-state index >= 15 is 0 Å². The van der Waals surface area contributed by atoms with Crippen molar-refractivity contribution in [2.24, 2.45) is 0 Å². The number of aromatic nitrogens is 1. The number of benzene rings is 2. The molecule has 4 rings (SSSR count). The molecule has 0 aliphatic carbocycles. The number of carbonyl (C=O) groups is 2. The fraction of sp³-hybridized carbons (Fsp3) is 0.182. The second kappa shape index (κ2) is 8.70. The molecule has 1 aliphatic heterocycles. The van der Waals surface area contributed by atoms with Gasteiger partial charge in [0, 0.05) is 37.6 Å². The molecule has 0 saturated carbocycles. The van der Waals surface area contributed by atoms with E-state index in [1.54, 1.807) is 28.8 Å². The average molecular weight is 419 g/mol. The van der Waals surface area contributed by atoms with Gasteiger partial charge in [-0.1, -0.05) is 12.1 Å². The maximum absolute atomic E-state index is 12.9. The molecule has 1 saturated heterocycles. The van der Waals surface area contributed by atoms with Crippen molar-refractivity contribution in [3.63, 3.8) is 0 Å². The number of nitrogens with one attached hydrogen (secondary N) is 2. The maximum atomic E-state index is 12.9. The Morgan fingerprint density at radius 3 is 2.16 bits per heavy atom. The molecule has 1 aliphatic rings. The lowest BCUT2D eigenvalue weighted by Crippen LogP contribution is -2.42. The smallest absolute Gasteiger partial charge is 0.272 e. The number of nitrogens with zero attached hydrogens (tertiary/aromatic N) is 3. The number of nitro groups is 1. The van der Waals surface area contributed by atoms with Crippen LogP contribution < -0.4 is 15.8 Å². The van der Waals surface area contributed by atoms with Crippen LogP contribution in [0, 0.1) is 10.1 Å². The molecule has 2 heterocycles. The number of non-ortho nitro benzene ring substituents is 1. The summed E-state index contributed by atoms with van der Waals surface area (Å²) in [6, 6.07) is 14.9. The van der Waals surface area contributed by atoms with E-state index in [9.17, 15) is 19.7 Å². The zero-order chi connectivity index (χ0) is 21.8. The minimum absolute atomic E-state index is 0.148. The van der Waals surface area contributed by atoms with Crippen LogP contribution in [-0.4, -0.2) is 34.4 Å². The molecule has 9 heteroatoms. The standard InChI is InChI=1S/C22H21N5O4/c28-21(17-7-1-2-8-19(17)25-11-3-4-12-25)23-24-22(29)18-15-16(27(30)31)9-10-20(18)26-13-5-6-14-26/h1-4,7-12,15H,5-6,13-14H2,(H,23,28)(H,24,29). The molecule has 0 bridgehead atoms. The quantitative estimate of drug-likeness (QED) is 0.488. The van der Waals surface area contributed by atoms with Crippen molar-refractivity contribution in [1.29, 1.82) is 0 Å². The molecule has 0 unspecified atom stereocenters. The Balaban J connectivity index is 1.55. The number of hydrogen-bond acceptors (Lipinski definition) is 5. The maximum Gasteiger partial charge on any atom is 0.272 e. The van der Waals surface area contributed by atoms with Crippen LogP contribution in [0.1, 0.15) is 33.6 Å². The van der Waals surface area contributed by atoms with Crippen LogP contribution in [0.25, 0.3) is 5.69 Å². The SMILES string of the molecule is O=C(NNC(=O)c1ccccc1-n1cccc1)c1cc([N+](=O)[O-])ccc1N1CCCC1. The Labute approximate surface area is 178 Å². The topological polar surface area (TPSA) is 110 Å². The third-order valence-corrected chi connectivity index (χ3v) is 5.20. The fourth-order valence-corrected chi connectivity index (χ4v) is 3.69. The second-order valence-electron chi connectivity index (χ2n) is 7.17. The summed E-state index contributed by atoms with van der Waals surface area (Å²) in [5, 5.41) is 11.2. The normalized spacial score (nSPS) is 13.1. The van der Waals surface area contributed by atoms with Crippen LogP contribution in [0.5, 0.6) is 0 Å². The van der Waals surface area contributed by atoms with Crippen molar-refractivity contribution in [2.45, 2.75) is 12.8 Å². The molecule has 0 atom stereocenters. The first-order valence-electron chi connectivity index (χ1n) is 9.91. The molecule has 0 spiro atoms. The summed E-state index contributed by atoms with van der Waals surface area (Å²) in [7, 11) is 0. The Hall–Kier alpha value is -4.14. The van der Waals surface area contributed by atoms with E-state index in [1.165, 1.54) is 12.1 Å². The van der Waals surface area contributed by atoms with Gasteiger partial charge >= 0.3 is 0 Å². The molecular weight excluding hydrogens is 398 g/mol. The number of carbonyl (C=O) groups excluding carboxylic acids is 2. The summed E-state index contributed by atoms with van der Waals surface area (Å²) < 4.78 is 1.79. The van der Waals surface area contributed by atoms with Crippen LogP contribution in [0.4, 0.5) is 11.4 Å². The summed E-state index contributed by atoms with van der Waals surface area (Å²) in [5.41, 5.74) is 6.44. The minimum Gasteiger partial charge on any atom is -0.371 e. The zero-order valence-corrected chi connectivity index (χ0v) is 16.7. The first-order chi connectivity index (χ1) is 15.0. The van der Waals surface area contributed by atoms with Gasteiger partial charge in [0.15, 0.2) is 0 Å². The second-order valence-corrected chi connectivity index (χ2v) is 7.17. The first kappa shape index (κ1) is 20.1. The number of hydrogen-bond donors (Lipinski definition) is 2. The number of nitro benzene ring substituents is 1. The highest BCUT2D eigenvalue weighted by Crippen LogP contribution is 2.28. The third kappa shape index (κ3) is 4.25. The van der Waals surface area contributed by atoms with Crippen LogP contribution in [0.3, 0.4) is 0 Å². The van der Waals surface area contributed by atoms with Crippen molar-refractivity contribution in [1.82, 2.24) is 15.4 Å². The molecule has 31 heavy (non-hydrogen) atoms. The summed E-state index contributed by atoms with van der Waals surface area (Å²) in [6.45, 7) is 1.55. The van der Waals surface area contributed by atoms with Gasteiger partial charge in [0.05, 0.1) is 27.4 Å². The molecule has 158 valence electrons. The Morgan fingerprint density at radius 2 is 1.48 bits per heavy atom. The van der Waals surface area contributed by atoms with Crippen LogP contribution in [0.2, 0.25) is 0 Å². The van der Waals surface area contributed by atoms with Gasteiger partial charge in [-0.05, 0) is 43.2 Å². The zero-order valence-electron chi connectivity index (χ0n) is 16.7. The van der Waals surface area contributed by atoms with Gasteiger partial charge in [0.2, 0.25) is 0 Å². The van der Waals surface area contributed by atoms with Crippen LogP contribution in [-0.2, 0) is 0 Å². The number of anilines is 1. The molecular formula is C22H21N5O4. The Morgan fingerprint density at radius 1 is 0.839 bits per heavy atom. The highest BCUT2D eigenvalue weighted by molar-refractivity contribution is 6.03. The number of hydrazine groups is 1. The minimum atomic E-state index is -0.614. The predicted octanol–water partition coefficient (Wildman–Crippen LogP) is 3.06. The van der Waals surface area contributed by atoms with Crippen LogP contribution >= 0.6 is 0 Å². The monoisotopic (exact) mass is 419 g/mol. The van der Waals surface area contributed by atoms with Gasteiger partial charge in [-0.2, -0.15) is 0 Å². The molecule has 0 radical (unpaired) electrons. The van der Waals surface area contributed by atoms with E-state index in [-0.39, 0.29) is 11.3 Å². The lowest BCUT2D eigenvalue weighted by molar-refractivity contribution is -0.384. The molecule has 9 nitrogen and oxygen atoms in total. The van der Waals surface area contributed by atoms with Gasteiger partial charge in [-0.25, -0.2) is 0 Å². The van der Waals surface area contributed by atoms with E-state index in [0.717, 1.165) is 25.9 Å². The van der Waals surface area contributed by atoms with E-state index in [2.05, 4.69) is 10.9 Å². The molecule has 1 aromatic heterocycles. The van der Waals surface area contributed by atoms with Crippen molar-refractivity contribution >= 4 is 23.2 Å². The fourth-order valence-electron chi connectivity index (χ4n) is 3.69. The van der Waals surface area contributed by atoms with Crippen molar-refractivity contribution in [2.75, 3.05) is 18.0 Å². The summed E-state index contributed by atoms with van der Waals surface area (Å²) >= 11 is 0.